The maximum atomic E-state index is 12.0. The van der Waals surface area contributed by atoms with Gasteiger partial charge in [0.2, 0.25) is 0 Å². The van der Waals surface area contributed by atoms with Crippen LogP contribution in [0, 0.1) is 18.8 Å². The Hall–Kier alpha value is -1.90. The number of fused-ring (bicyclic) bond motifs is 1. The second-order valence-electron chi connectivity index (χ2n) is 5.00. The lowest BCUT2D eigenvalue weighted by atomic mass is 9.74. The summed E-state index contributed by atoms with van der Waals surface area (Å²) in [4.78, 5) is 12.0. The first-order chi connectivity index (χ1) is 8.75. The van der Waals surface area contributed by atoms with Crippen LogP contribution in [0.5, 0.6) is 0 Å². The van der Waals surface area contributed by atoms with Gasteiger partial charge in [-0.05, 0) is 37.3 Å². The Morgan fingerprint density at radius 3 is 3.00 bits per heavy atom. The van der Waals surface area contributed by atoms with Gasteiger partial charge in [-0.25, -0.2) is 5.43 Å². The molecule has 18 heavy (non-hydrogen) atoms. The first-order valence-corrected chi connectivity index (χ1v) is 6.35. The van der Waals surface area contributed by atoms with Crippen LogP contribution in [-0.2, 0) is 0 Å². The van der Waals surface area contributed by atoms with Crippen molar-refractivity contribution in [2.45, 2.75) is 19.8 Å². The summed E-state index contributed by atoms with van der Waals surface area (Å²) in [7, 11) is 0. The van der Waals surface area contributed by atoms with Gasteiger partial charge < -0.3 is 0 Å². The van der Waals surface area contributed by atoms with E-state index in [1.165, 1.54) is 0 Å². The molecule has 92 valence electrons. The van der Waals surface area contributed by atoms with Crippen molar-refractivity contribution in [3.63, 3.8) is 0 Å². The molecule has 1 aromatic rings. The Morgan fingerprint density at radius 1 is 1.39 bits per heavy atom. The average Bonchev–Trinajstić information content (AvgIpc) is 2.71. The third-order valence-corrected chi connectivity index (χ3v) is 3.85. The van der Waals surface area contributed by atoms with Gasteiger partial charge in [-0.3, -0.25) is 4.79 Å². The Bertz CT molecular complexity index is 545. The summed E-state index contributed by atoms with van der Waals surface area (Å²) in [5.74, 6) is 1.09. The second-order valence-corrected chi connectivity index (χ2v) is 5.00. The van der Waals surface area contributed by atoms with E-state index in [1.807, 2.05) is 31.2 Å². The van der Waals surface area contributed by atoms with Gasteiger partial charge in [-0.15, -0.1) is 0 Å². The fourth-order valence-corrected chi connectivity index (χ4v) is 2.67. The SMILES string of the molecule is Cc1ccccc1C(=O)N/N=C1/C[C@H]2C=CC[C@@H]12. The average molecular weight is 240 g/mol. The normalized spacial score (nSPS) is 26.8. The summed E-state index contributed by atoms with van der Waals surface area (Å²) in [6, 6.07) is 7.56. The summed E-state index contributed by atoms with van der Waals surface area (Å²) in [6.07, 6.45) is 6.53. The van der Waals surface area contributed by atoms with Crippen LogP contribution in [0.1, 0.15) is 28.8 Å². The highest BCUT2D eigenvalue weighted by Crippen LogP contribution is 2.40. The van der Waals surface area contributed by atoms with Gasteiger partial charge in [0, 0.05) is 17.2 Å². The zero-order chi connectivity index (χ0) is 12.5. The number of hydrogen-bond acceptors (Lipinski definition) is 2. The maximum Gasteiger partial charge on any atom is 0.271 e. The molecule has 0 bridgehead atoms. The van der Waals surface area contributed by atoms with E-state index in [0.29, 0.717) is 17.4 Å². The number of nitrogens with one attached hydrogen (secondary N) is 1. The predicted molar refractivity (Wildman–Crippen MR) is 71.4 cm³/mol. The third kappa shape index (κ3) is 1.86. The Balaban J connectivity index is 1.66. The highest BCUT2D eigenvalue weighted by molar-refractivity contribution is 5.98. The molecule has 0 spiro atoms. The number of allylic oxidation sites excluding steroid dienone is 2. The molecule has 0 unspecified atom stereocenters. The van der Waals surface area contributed by atoms with E-state index in [0.717, 1.165) is 24.1 Å². The smallest absolute Gasteiger partial charge is 0.267 e. The van der Waals surface area contributed by atoms with Crippen LogP contribution in [0.2, 0.25) is 0 Å². The lowest BCUT2D eigenvalue weighted by Gasteiger charge is -2.31. The van der Waals surface area contributed by atoms with Gasteiger partial charge in [-0.2, -0.15) is 5.10 Å². The van der Waals surface area contributed by atoms with Crippen molar-refractivity contribution in [1.82, 2.24) is 5.43 Å². The monoisotopic (exact) mass is 240 g/mol. The van der Waals surface area contributed by atoms with Crippen LogP contribution in [-0.4, -0.2) is 11.6 Å². The van der Waals surface area contributed by atoms with Crippen molar-refractivity contribution in [3.05, 3.63) is 47.5 Å². The van der Waals surface area contributed by atoms with Crippen LogP contribution >= 0.6 is 0 Å². The summed E-state index contributed by atoms with van der Waals surface area (Å²) in [5.41, 5.74) is 5.48. The van der Waals surface area contributed by atoms with Crippen LogP contribution in [0.4, 0.5) is 0 Å². The quantitative estimate of drug-likeness (QED) is 0.626. The van der Waals surface area contributed by atoms with Crippen LogP contribution in [0.15, 0.2) is 41.5 Å². The predicted octanol–water partition coefficient (Wildman–Crippen LogP) is 2.68. The zero-order valence-corrected chi connectivity index (χ0v) is 10.4. The molecule has 1 N–H and O–H groups in total. The third-order valence-electron chi connectivity index (χ3n) is 3.85. The van der Waals surface area contributed by atoms with Gasteiger partial charge >= 0.3 is 0 Å². The summed E-state index contributed by atoms with van der Waals surface area (Å²) in [6.45, 7) is 1.93. The van der Waals surface area contributed by atoms with E-state index in [9.17, 15) is 4.79 Å². The van der Waals surface area contributed by atoms with E-state index < -0.39 is 0 Å². The fourth-order valence-electron chi connectivity index (χ4n) is 2.67. The lowest BCUT2D eigenvalue weighted by Crippen LogP contribution is -2.35. The molecule has 2 atom stereocenters. The topological polar surface area (TPSA) is 41.5 Å². The van der Waals surface area contributed by atoms with Gasteiger partial charge in [-0.1, -0.05) is 30.4 Å². The molecule has 3 rings (SSSR count). The molecule has 2 aliphatic carbocycles. The fraction of sp³-hybridized carbons (Fsp3) is 0.333. The summed E-state index contributed by atoms with van der Waals surface area (Å²) < 4.78 is 0. The Kier molecular flexibility index (Phi) is 2.74. The highest BCUT2D eigenvalue weighted by atomic mass is 16.2. The molecule has 1 saturated carbocycles. The van der Waals surface area contributed by atoms with Gasteiger partial charge in [0.15, 0.2) is 0 Å². The van der Waals surface area contributed by atoms with Crippen LogP contribution < -0.4 is 5.43 Å². The van der Waals surface area contributed by atoms with Crippen molar-refractivity contribution >= 4 is 11.6 Å². The first-order valence-electron chi connectivity index (χ1n) is 6.35. The minimum atomic E-state index is -0.116. The number of hydrazone groups is 1. The number of hydrogen-bond donors (Lipinski definition) is 1. The Morgan fingerprint density at radius 2 is 2.22 bits per heavy atom. The van der Waals surface area contributed by atoms with E-state index in [-0.39, 0.29) is 5.91 Å². The molecule has 1 amide bonds. The largest absolute Gasteiger partial charge is 0.271 e. The molecule has 0 radical (unpaired) electrons. The van der Waals surface area contributed by atoms with Crippen molar-refractivity contribution in [2.75, 3.05) is 0 Å². The number of nitrogens with zero attached hydrogens (tertiary/aromatic N) is 1. The molecule has 0 aromatic heterocycles. The zero-order valence-electron chi connectivity index (χ0n) is 10.4. The molecule has 0 heterocycles. The number of rotatable bonds is 2. The number of carbonyl (C=O) groups excluding carboxylic acids is 1. The van der Waals surface area contributed by atoms with Crippen molar-refractivity contribution in [3.8, 4) is 0 Å². The molecule has 3 nitrogen and oxygen atoms in total. The van der Waals surface area contributed by atoms with Crippen molar-refractivity contribution < 1.29 is 4.79 Å². The minimum absolute atomic E-state index is 0.116. The van der Waals surface area contributed by atoms with Gasteiger partial charge in [0.1, 0.15) is 0 Å². The first kappa shape index (κ1) is 11.2. The van der Waals surface area contributed by atoms with Crippen molar-refractivity contribution in [1.29, 1.82) is 0 Å². The maximum absolute atomic E-state index is 12.0. The highest BCUT2D eigenvalue weighted by Gasteiger charge is 2.37. The lowest BCUT2D eigenvalue weighted by molar-refractivity contribution is 0.0953. The minimum Gasteiger partial charge on any atom is -0.267 e. The standard InChI is InChI=1S/C15H16N2O/c1-10-5-2-3-7-12(10)15(18)17-16-14-9-11-6-4-8-13(11)14/h2-7,11,13H,8-9H2,1H3,(H,17,18)/b16-14-/t11-,13-/m1/s1. The number of amides is 1. The summed E-state index contributed by atoms with van der Waals surface area (Å²) >= 11 is 0. The van der Waals surface area contributed by atoms with E-state index in [4.69, 9.17) is 0 Å². The van der Waals surface area contributed by atoms with E-state index >= 15 is 0 Å². The van der Waals surface area contributed by atoms with Crippen LogP contribution in [0.3, 0.4) is 0 Å². The van der Waals surface area contributed by atoms with Gasteiger partial charge in [0.25, 0.3) is 5.91 Å². The molecule has 0 aliphatic heterocycles. The number of benzene rings is 1. The molecular weight excluding hydrogens is 224 g/mol. The van der Waals surface area contributed by atoms with Gasteiger partial charge in [0.05, 0.1) is 0 Å². The summed E-state index contributed by atoms with van der Waals surface area (Å²) in [5, 5.41) is 4.27. The number of carbonyl (C=O) groups is 1. The molecular formula is C15H16N2O. The Labute approximate surface area is 107 Å². The molecule has 0 saturated heterocycles. The molecule has 3 heteroatoms. The molecule has 1 aromatic carbocycles. The van der Waals surface area contributed by atoms with Crippen molar-refractivity contribution in [2.24, 2.45) is 16.9 Å². The molecule has 2 aliphatic rings. The number of aryl methyl sites for hydroxylation is 1. The van der Waals surface area contributed by atoms with E-state index in [2.05, 4.69) is 22.7 Å². The molecule has 1 fully saturated rings. The second kappa shape index (κ2) is 4.41. The van der Waals surface area contributed by atoms with Crippen LogP contribution in [0.25, 0.3) is 0 Å². The van der Waals surface area contributed by atoms with E-state index in [1.54, 1.807) is 0 Å².